The van der Waals surface area contributed by atoms with Gasteiger partial charge in [-0.05, 0) is 54.4 Å². The zero-order valence-corrected chi connectivity index (χ0v) is 14.0. The van der Waals surface area contributed by atoms with Crippen molar-refractivity contribution in [2.75, 3.05) is 19.7 Å². The first-order chi connectivity index (χ1) is 10.7. The molecule has 23 heavy (non-hydrogen) atoms. The fourth-order valence-corrected chi connectivity index (χ4v) is 3.92. The number of carboxylic acid groups (broad SMARTS) is 1. The summed E-state index contributed by atoms with van der Waals surface area (Å²) in [5.41, 5.74) is 2.62. The van der Waals surface area contributed by atoms with Gasteiger partial charge < -0.3 is 14.7 Å². The van der Waals surface area contributed by atoms with Crippen LogP contribution in [0.15, 0.2) is 12.1 Å². The van der Waals surface area contributed by atoms with Gasteiger partial charge in [0.15, 0.2) is 6.61 Å². The van der Waals surface area contributed by atoms with Crippen LogP contribution in [0.25, 0.3) is 0 Å². The molecule has 0 spiro atoms. The van der Waals surface area contributed by atoms with Crippen LogP contribution in [0.3, 0.4) is 0 Å². The lowest BCUT2D eigenvalue weighted by atomic mass is 10.0. The molecule has 0 bridgehead atoms. The van der Waals surface area contributed by atoms with Crippen LogP contribution >= 0.6 is 0 Å². The van der Waals surface area contributed by atoms with Crippen LogP contribution in [0.2, 0.25) is 0 Å². The van der Waals surface area contributed by atoms with Gasteiger partial charge in [-0.15, -0.1) is 0 Å². The van der Waals surface area contributed by atoms with E-state index in [0.29, 0.717) is 28.6 Å². The van der Waals surface area contributed by atoms with Gasteiger partial charge in [-0.2, -0.15) is 0 Å². The Labute approximate surface area is 136 Å². The number of aliphatic carboxylic acids is 1. The molecule has 1 aromatic rings. The molecule has 3 rings (SSSR count). The van der Waals surface area contributed by atoms with Crippen molar-refractivity contribution in [1.29, 1.82) is 0 Å². The molecule has 1 N–H and O–H groups in total. The van der Waals surface area contributed by atoms with Crippen LogP contribution in [0.4, 0.5) is 0 Å². The number of piperidine rings is 1. The Kier molecular flexibility index (Phi) is 3.62. The molecule has 1 saturated heterocycles. The summed E-state index contributed by atoms with van der Waals surface area (Å²) >= 11 is 0. The Morgan fingerprint density at radius 1 is 1.22 bits per heavy atom. The number of carbonyl (C=O) groups excluding carboxylic acids is 1. The molecule has 0 aromatic heterocycles. The molecule has 5 nitrogen and oxygen atoms in total. The molecule has 2 atom stereocenters. The summed E-state index contributed by atoms with van der Waals surface area (Å²) in [6, 6.07) is 3.59. The molecule has 2 aliphatic rings. The topological polar surface area (TPSA) is 66.8 Å². The average molecular weight is 317 g/mol. The predicted octanol–water partition coefficient (Wildman–Crippen LogP) is 2.49. The second-order valence-corrected chi connectivity index (χ2v) is 7.37. The van der Waals surface area contributed by atoms with E-state index in [2.05, 4.69) is 13.8 Å². The summed E-state index contributed by atoms with van der Waals surface area (Å²) < 4.78 is 5.32. The first-order valence-electron chi connectivity index (χ1n) is 7.97. The molecule has 1 amide bonds. The van der Waals surface area contributed by atoms with Crippen LogP contribution in [-0.4, -0.2) is 41.6 Å². The second-order valence-electron chi connectivity index (χ2n) is 7.37. The summed E-state index contributed by atoms with van der Waals surface area (Å²) in [4.78, 5) is 25.3. The number of ether oxygens (including phenoxy) is 1. The van der Waals surface area contributed by atoms with Crippen molar-refractivity contribution in [3.05, 3.63) is 28.8 Å². The van der Waals surface area contributed by atoms with Gasteiger partial charge >= 0.3 is 5.97 Å². The molecule has 1 aromatic carbocycles. The van der Waals surface area contributed by atoms with Crippen LogP contribution < -0.4 is 4.74 Å². The summed E-state index contributed by atoms with van der Waals surface area (Å²) in [7, 11) is 0. The van der Waals surface area contributed by atoms with E-state index in [4.69, 9.17) is 9.84 Å². The van der Waals surface area contributed by atoms with E-state index in [1.165, 1.54) is 0 Å². The fraction of sp³-hybridized carbons (Fsp3) is 0.556. The zero-order valence-electron chi connectivity index (χ0n) is 14.0. The third-order valence-corrected chi connectivity index (χ3v) is 5.46. The Bertz CT molecular complexity index is 643. The van der Waals surface area contributed by atoms with Crippen molar-refractivity contribution in [2.24, 2.45) is 17.3 Å². The van der Waals surface area contributed by atoms with E-state index >= 15 is 0 Å². The van der Waals surface area contributed by atoms with Crippen molar-refractivity contribution in [1.82, 2.24) is 4.90 Å². The quantitative estimate of drug-likeness (QED) is 0.926. The van der Waals surface area contributed by atoms with Gasteiger partial charge in [0, 0.05) is 18.7 Å². The van der Waals surface area contributed by atoms with Crippen LogP contribution in [0.1, 0.15) is 35.3 Å². The van der Waals surface area contributed by atoms with Gasteiger partial charge in [-0.25, -0.2) is 4.79 Å². The monoisotopic (exact) mass is 317 g/mol. The van der Waals surface area contributed by atoms with Gasteiger partial charge in [0.25, 0.3) is 5.91 Å². The summed E-state index contributed by atoms with van der Waals surface area (Å²) in [5, 5.41) is 8.73. The van der Waals surface area contributed by atoms with E-state index in [-0.39, 0.29) is 12.5 Å². The number of hydrogen-bond donors (Lipinski definition) is 1. The number of amides is 1. The number of likely N-dealkylation sites (tertiary alicyclic amines) is 1. The molecule has 1 heterocycles. The van der Waals surface area contributed by atoms with Crippen LogP contribution in [0.5, 0.6) is 5.75 Å². The van der Waals surface area contributed by atoms with E-state index < -0.39 is 5.97 Å². The normalized spacial score (nSPS) is 24.3. The third-order valence-electron chi connectivity index (χ3n) is 5.46. The molecule has 0 radical (unpaired) electrons. The lowest BCUT2D eigenvalue weighted by Gasteiger charge is -2.23. The number of fused-ring (bicyclic) bond motifs is 1. The lowest BCUT2D eigenvalue weighted by Crippen LogP contribution is -2.33. The Morgan fingerprint density at radius 2 is 1.74 bits per heavy atom. The van der Waals surface area contributed by atoms with E-state index in [9.17, 15) is 9.59 Å². The third kappa shape index (κ3) is 2.69. The van der Waals surface area contributed by atoms with Crippen molar-refractivity contribution >= 4 is 11.9 Å². The number of benzene rings is 1. The number of hydrogen-bond acceptors (Lipinski definition) is 3. The van der Waals surface area contributed by atoms with Crippen LogP contribution in [0, 0.1) is 31.1 Å². The smallest absolute Gasteiger partial charge is 0.341 e. The van der Waals surface area contributed by atoms with Crippen molar-refractivity contribution in [2.45, 2.75) is 27.7 Å². The van der Waals surface area contributed by atoms with Crippen LogP contribution in [-0.2, 0) is 4.79 Å². The number of nitrogens with zero attached hydrogens (tertiary/aromatic N) is 1. The molecule has 1 saturated carbocycles. The maximum absolute atomic E-state index is 12.7. The number of carbonyl (C=O) groups is 2. The minimum Gasteiger partial charge on any atom is -0.481 e. The largest absolute Gasteiger partial charge is 0.481 e. The lowest BCUT2D eigenvalue weighted by molar-refractivity contribution is -0.139. The van der Waals surface area contributed by atoms with Gasteiger partial charge in [0.2, 0.25) is 0 Å². The van der Waals surface area contributed by atoms with E-state index in [1.807, 2.05) is 18.7 Å². The first kappa shape index (κ1) is 15.8. The number of aryl methyl sites for hydroxylation is 2. The zero-order chi connectivity index (χ0) is 16.9. The number of rotatable bonds is 4. The standard InChI is InChI=1S/C18H23NO4/c1-10-5-12(6-11(2)16(10)23-9-15(20)21)17(22)19-7-13-14(8-19)18(13,3)4/h5-6,13-14H,7-9H2,1-4H3,(H,20,21). The fourth-order valence-electron chi connectivity index (χ4n) is 3.92. The maximum atomic E-state index is 12.7. The predicted molar refractivity (Wildman–Crippen MR) is 85.7 cm³/mol. The first-order valence-corrected chi connectivity index (χ1v) is 7.97. The Hall–Kier alpha value is -2.04. The highest BCUT2D eigenvalue weighted by atomic mass is 16.5. The SMILES string of the molecule is Cc1cc(C(=O)N2CC3C(C2)C3(C)C)cc(C)c1OCC(=O)O. The molecular formula is C18H23NO4. The highest BCUT2D eigenvalue weighted by Gasteiger charge is 2.62. The van der Waals surface area contributed by atoms with Crippen molar-refractivity contribution < 1.29 is 19.4 Å². The average Bonchev–Trinajstić information content (AvgIpc) is 2.84. The van der Waals surface area contributed by atoms with Gasteiger partial charge in [-0.1, -0.05) is 13.8 Å². The second kappa shape index (κ2) is 5.25. The molecule has 2 fully saturated rings. The summed E-state index contributed by atoms with van der Waals surface area (Å²) in [6.07, 6.45) is 0. The maximum Gasteiger partial charge on any atom is 0.341 e. The molecular weight excluding hydrogens is 294 g/mol. The Balaban J connectivity index is 1.74. The van der Waals surface area contributed by atoms with Crippen molar-refractivity contribution in [3.63, 3.8) is 0 Å². The molecule has 1 aliphatic carbocycles. The van der Waals surface area contributed by atoms with E-state index in [1.54, 1.807) is 12.1 Å². The molecule has 1 aliphatic heterocycles. The summed E-state index contributed by atoms with van der Waals surface area (Å²) in [6.45, 7) is 9.52. The van der Waals surface area contributed by atoms with Gasteiger partial charge in [0.1, 0.15) is 5.75 Å². The highest BCUT2D eigenvalue weighted by molar-refractivity contribution is 5.95. The molecule has 5 heteroatoms. The number of carboxylic acids is 1. The highest BCUT2D eigenvalue weighted by Crippen LogP contribution is 2.62. The molecule has 124 valence electrons. The minimum absolute atomic E-state index is 0.0592. The molecule has 2 unspecified atom stereocenters. The van der Waals surface area contributed by atoms with Crippen molar-refractivity contribution in [3.8, 4) is 5.75 Å². The summed E-state index contributed by atoms with van der Waals surface area (Å²) in [5.74, 6) is 0.861. The van der Waals surface area contributed by atoms with E-state index in [0.717, 1.165) is 24.2 Å². The van der Waals surface area contributed by atoms with Gasteiger partial charge in [0.05, 0.1) is 0 Å². The minimum atomic E-state index is -1.01. The van der Waals surface area contributed by atoms with Gasteiger partial charge in [-0.3, -0.25) is 4.79 Å². The Morgan fingerprint density at radius 3 is 2.22 bits per heavy atom.